The maximum absolute atomic E-state index is 11.8. The number of carbonyl (C=O) groups excluding carboxylic acids is 1. The predicted octanol–water partition coefficient (Wildman–Crippen LogP) is 3.73. The highest BCUT2D eigenvalue weighted by Crippen LogP contribution is 2.21. The average molecular weight is 325 g/mol. The molecule has 0 radical (unpaired) electrons. The van der Waals surface area contributed by atoms with Crippen LogP contribution < -0.4 is 10.6 Å². The number of aryl methyl sites for hydroxylation is 1. The van der Waals surface area contributed by atoms with E-state index in [1.54, 1.807) is 11.3 Å². The summed E-state index contributed by atoms with van der Waals surface area (Å²) in [5.41, 5.74) is 0.149. The van der Waals surface area contributed by atoms with Crippen LogP contribution in [0.5, 0.6) is 0 Å². The molecule has 0 unspecified atom stereocenters. The minimum absolute atomic E-state index is 0.0125. The summed E-state index contributed by atoms with van der Waals surface area (Å²) in [5, 5.41) is 14.6. The van der Waals surface area contributed by atoms with Gasteiger partial charge in [-0.25, -0.2) is 9.59 Å². The van der Waals surface area contributed by atoms with Gasteiger partial charge in [0.05, 0.1) is 17.8 Å². The molecule has 0 fully saturated rings. The van der Waals surface area contributed by atoms with E-state index in [9.17, 15) is 9.59 Å². The van der Waals surface area contributed by atoms with Crippen molar-refractivity contribution in [2.75, 3.05) is 5.32 Å². The molecule has 0 saturated heterocycles. The number of benzene rings is 1. The fraction of sp³-hybridized carbons (Fsp3) is 0.143. The Balaban J connectivity index is 2.02. The second kappa shape index (κ2) is 6.60. The lowest BCUT2D eigenvalue weighted by Crippen LogP contribution is -2.28. The van der Waals surface area contributed by atoms with Gasteiger partial charge in [0.2, 0.25) is 0 Å². The maximum Gasteiger partial charge on any atom is 0.337 e. The molecule has 0 aliphatic heterocycles. The van der Waals surface area contributed by atoms with Gasteiger partial charge in [0, 0.05) is 14.8 Å². The number of anilines is 1. The van der Waals surface area contributed by atoms with Crippen molar-refractivity contribution in [1.82, 2.24) is 5.32 Å². The van der Waals surface area contributed by atoms with Crippen molar-refractivity contribution in [3.8, 4) is 0 Å². The zero-order valence-corrected chi connectivity index (χ0v) is 12.7. The number of nitrogens with one attached hydrogen (secondary N) is 2. The van der Waals surface area contributed by atoms with Gasteiger partial charge in [-0.05, 0) is 37.3 Å². The fourth-order valence-electron chi connectivity index (χ4n) is 1.72. The maximum atomic E-state index is 11.8. The lowest BCUT2D eigenvalue weighted by molar-refractivity contribution is 0.0698. The van der Waals surface area contributed by atoms with Gasteiger partial charge in [-0.1, -0.05) is 11.6 Å². The molecule has 0 spiro atoms. The third kappa shape index (κ3) is 4.21. The minimum Gasteiger partial charge on any atom is -0.478 e. The minimum atomic E-state index is -1.13. The summed E-state index contributed by atoms with van der Waals surface area (Å²) >= 11 is 7.41. The largest absolute Gasteiger partial charge is 0.478 e. The number of halogens is 1. The van der Waals surface area contributed by atoms with Crippen LogP contribution in [0.1, 0.15) is 20.1 Å². The molecule has 0 atom stereocenters. The third-order valence-corrected chi connectivity index (χ3v) is 3.92. The summed E-state index contributed by atoms with van der Waals surface area (Å²) in [6.07, 6.45) is 0. The van der Waals surface area contributed by atoms with E-state index in [4.69, 9.17) is 16.7 Å². The number of hydrogen-bond donors (Lipinski definition) is 3. The van der Waals surface area contributed by atoms with Crippen LogP contribution in [0.25, 0.3) is 0 Å². The van der Waals surface area contributed by atoms with Gasteiger partial charge in [-0.15, -0.1) is 11.3 Å². The van der Waals surface area contributed by atoms with Crippen LogP contribution >= 0.6 is 22.9 Å². The number of carboxylic acids is 1. The average Bonchev–Trinajstić information content (AvgIpc) is 2.82. The number of hydrogen-bond acceptors (Lipinski definition) is 3. The van der Waals surface area contributed by atoms with Gasteiger partial charge in [0.1, 0.15) is 0 Å². The van der Waals surface area contributed by atoms with Gasteiger partial charge in [-0.2, -0.15) is 0 Å². The lowest BCUT2D eigenvalue weighted by atomic mass is 10.2. The van der Waals surface area contributed by atoms with E-state index in [2.05, 4.69) is 10.6 Å². The summed E-state index contributed by atoms with van der Waals surface area (Å²) in [6.45, 7) is 2.37. The molecule has 110 valence electrons. The Morgan fingerprint density at radius 1 is 1.29 bits per heavy atom. The Labute approximate surface area is 130 Å². The number of thiophene rings is 1. The van der Waals surface area contributed by atoms with Crippen molar-refractivity contribution in [1.29, 1.82) is 0 Å². The van der Waals surface area contributed by atoms with Crippen molar-refractivity contribution in [3.05, 3.63) is 50.7 Å². The number of urea groups is 1. The fourth-order valence-corrected chi connectivity index (χ4v) is 2.72. The number of carboxylic acid groups (broad SMARTS) is 1. The van der Waals surface area contributed by atoms with Crippen LogP contribution in [0, 0.1) is 6.92 Å². The Morgan fingerprint density at radius 3 is 2.67 bits per heavy atom. The Bertz CT molecular complexity index is 685. The summed E-state index contributed by atoms with van der Waals surface area (Å²) in [4.78, 5) is 25.1. The van der Waals surface area contributed by atoms with E-state index in [1.165, 1.54) is 18.2 Å². The summed E-state index contributed by atoms with van der Waals surface area (Å²) in [7, 11) is 0. The molecule has 1 aromatic heterocycles. The van der Waals surface area contributed by atoms with Crippen molar-refractivity contribution in [2.24, 2.45) is 0 Å². The molecule has 0 bridgehead atoms. The molecule has 2 rings (SSSR count). The predicted molar refractivity (Wildman–Crippen MR) is 83.3 cm³/mol. The molecule has 1 aromatic carbocycles. The second-order valence-corrected chi connectivity index (χ2v) is 6.12. The Morgan fingerprint density at radius 2 is 2.05 bits per heavy atom. The van der Waals surface area contributed by atoms with E-state index < -0.39 is 12.0 Å². The van der Waals surface area contributed by atoms with Crippen LogP contribution in [0.15, 0.2) is 30.3 Å². The van der Waals surface area contributed by atoms with Crippen molar-refractivity contribution in [2.45, 2.75) is 13.5 Å². The monoisotopic (exact) mass is 324 g/mol. The van der Waals surface area contributed by atoms with Gasteiger partial charge in [0.15, 0.2) is 0 Å². The smallest absolute Gasteiger partial charge is 0.337 e. The first-order valence-electron chi connectivity index (χ1n) is 6.08. The standard InChI is InChI=1S/C14H13ClN2O3S/c1-8-2-4-10(21-8)7-16-14(20)17-12-6-9(15)3-5-11(12)13(18)19/h2-6H,7H2,1H3,(H,18,19)(H2,16,17,20). The number of carbonyl (C=O) groups is 2. The van der Waals surface area contributed by atoms with Crippen molar-refractivity contribution in [3.63, 3.8) is 0 Å². The molecule has 5 nitrogen and oxygen atoms in total. The van der Waals surface area contributed by atoms with Gasteiger partial charge < -0.3 is 15.7 Å². The summed E-state index contributed by atoms with van der Waals surface area (Å²) < 4.78 is 0. The van der Waals surface area contributed by atoms with E-state index >= 15 is 0 Å². The molecule has 21 heavy (non-hydrogen) atoms. The van der Waals surface area contributed by atoms with Crippen LogP contribution in [-0.4, -0.2) is 17.1 Å². The molecular formula is C14H13ClN2O3S. The molecule has 0 saturated carbocycles. The molecule has 2 aromatic rings. The van der Waals surface area contributed by atoms with E-state index in [1.807, 2.05) is 19.1 Å². The summed E-state index contributed by atoms with van der Waals surface area (Å²) in [6, 6.07) is 7.64. The normalized spacial score (nSPS) is 10.2. The van der Waals surface area contributed by atoms with E-state index in [0.29, 0.717) is 11.6 Å². The van der Waals surface area contributed by atoms with Crippen molar-refractivity contribution < 1.29 is 14.7 Å². The highest BCUT2D eigenvalue weighted by atomic mass is 35.5. The lowest BCUT2D eigenvalue weighted by Gasteiger charge is -2.09. The molecule has 0 aliphatic carbocycles. The highest BCUT2D eigenvalue weighted by molar-refractivity contribution is 7.11. The van der Waals surface area contributed by atoms with Crippen LogP contribution in [0.4, 0.5) is 10.5 Å². The third-order valence-electron chi connectivity index (χ3n) is 2.68. The molecule has 2 amide bonds. The Kier molecular flexibility index (Phi) is 4.82. The first kappa shape index (κ1) is 15.3. The first-order chi connectivity index (χ1) is 9.95. The highest BCUT2D eigenvalue weighted by Gasteiger charge is 2.13. The number of amides is 2. The van der Waals surface area contributed by atoms with Crippen LogP contribution in [0.2, 0.25) is 5.02 Å². The zero-order chi connectivity index (χ0) is 15.4. The van der Waals surface area contributed by atoms with Crippen LogP contribution in [-0.2, 0) is 6.54 Å². The first-order valence-corrected chi connectivity index (χ1v) is 7.28. The molecule has 3 N–H and O–H groups in total. The van der Waals surface area contributed by atoms with E-state index in [-0.39, 0.29) is 11.3 Å². The SMILES string of the molecule is Cc1ccc(CNC(=O)Nc2cc(Cl)ccc2C(=O)O)s1. The topological polar surface area (TPSA) is 78.4 Å². The second-order valence-electron chi connectivity index (χ2n) is 4.32. The zero-order valence-electron chi connectivity index (χ0n) is 11.1. The number of rotatable bonds is 4. The van der Waals surface area contributed by atoms with Gasteiger partial charge in [-0.3, -0.25) is 0 Å². The molecule has 1 heterocycles. The molecule has 7 heteroatoms. The van der Waals surface area contributed by atoms with Gasteiger partial charge >= 0.3 is 12.0 Å². The Hall–Kier alpha value is -2.05. The van der Waals surface area contributed by atoms with Crippen molar-refractivity contribution >= 4 is 40.6 Å². The molecular weight excluding hydrogens is 312 g/mol. The van der Waals surface area contributed by atoms with E-state index in [0.717, 1.165) is 9.75 Å². The quantitative estimate of drug-likeness (QED) is 0.801. The molecule has 0 aliphatic rings. The summed E-state index contributed by atoms with van der Waals surface area (Å²) in [5.74, 6) is -1.13. The van der Waals surface area contributed by atoms with Crippen LogP contribution in [0.3, 0.4) is 0 Å². The number of aromatic carboxylic acids is 1. The van der Waals surface area contributed by atoms with Gasteiger partial charge in [0.25, 0.3) is 0 Å².